The molecule has 90 valence electrons. The largest absolute Gasteiger partial charge is 0.348 e. The number of nitro benzene ring substituents is 1. The minimum atomic E-state index is -0.911. The van der Waals surface area contributed by atoms with Crippen molar-refractivity contribution in [2.45, 2.75) is 18.5 Å². The van der Waals surface area contributed by atoms with E-state index >= 15 is 0 Å². The van der Waals surface area contributed by atoms with Crippen LogP contribution in [-0.4, -0.2) is 22.9 Å². The lowest BCUT2D eigenvalue weighted by Gasteiger charge is -2.04. The van der Waals surface area contributed by atoms with E-state index in [2.05, 4.69) is 5.32 Å². The number of nitrogens with zero attached hydrogens (tertiary/aromatic N) is 1. The SMILES string of the molecule is NC1CC1NC(=O)c1ccc([N+](=O)[O-])cc1F. The number of nitro groups is 1. The predicted molar refractivity (Wildman–Crippen MR) is 56.9 cm³/mol. The molecule has 0 saturated heterocycles. The zero-order valence-electron chi connectivity index (χ0n) is 8.72. The van der Waals surface area contributed by atoms with E-state index in [1.807, 2.05) is 0 Å². The van der Waals surface area contributed by atoms with Gasteiger partial charge < -0.3 is 11.1 Å². The summed E-state index contributed by atoms with van der Waals surface area (Å²) >= 11 is 0. The third-order valence-corrected chi connectivity index (χ3v) is 2.56. The van der Waals surface area contributed by atoms with Crippen molar-refractivity contribution < 1.29 is 14.1 Å². The maximum atomic E-state index is 13.4. The molecule has 1 saturated carbocycles. The van der Waals surface area contributed by atoms with Gasteiger partial charge in [-0.15, -0.1) is 0 Å². The fraction of sp³-hybridized carbons (Fsp3) is 0.300. The minimum absolute atomic E-state index is 0.0833. The Kier molecular flexibility index (Phi) is 2.76. The second-order valence-electron chi connectivity index (χ2n) is 3.90. The molecule has 0 spiro atoms. The summed E-state index contributed by atoms with van der Waals surface area (Å²) in [5, 5.41) is 12.9. The zero-order chi connectivity index (χ0) is 12.6. The summed E-state index contributed by atoms with van der Waals surface area (Å²) in [6, 6.07) is 2.70. The highest BCUT2D eigenvalue weighted by atomic mass is 19.1. The number of benzene rings is 1. The van der Waals surface area contributed by atoms with Gasteiger partial charge in [0.15, 0.2) is 0 Å². The summed E-state index contributed by atoms with van der Waals surface area (Å²) in [6.07, 6.45) is 0.667. The lowest BCUT2D eigenvalue weighted by Crippen LogP contribution is -2.30. The summed E-state index contributed by atoms with van der Waals surface area (Å²) in [4.78, 5) is 21.2. The number of halogens is 1. The summed E-state index contributed by atoms with van der Waals surface area (Å²) in [6.45, 7) is 0. The topological polar surface area (TPSA) is 98.3 Å². The first-order valence-corrected chi connectivity index (χ1v) is 4.99. The number of hydrogen-bond donors (Lipinski definition) is 2. The first-order valence-electron chi connectivity index (χ1n) is 4.99. The standard InChI is InChI=1S/C10H10FN3O3/c11-7-3-5(14(16)17)1-2-6(7)10(15)13-9-4-8(9)12/h1-3,8-9H,4,12H2,(H,13,15). The third kappa shape index (κ3) is 2.39. The van der Waals surface area contributed by atoms with E-state index in [-0.39, 0.29) is 23.3 Å². The smallest absolute Gasteiger partial charge is 0.272 e. The van der Waals surface area contributed by atoms with E-state index in [9.17, 15) is 19.3 Å². The molecule has 1 aliphatic rings. The quantitative estimate of drug-likeness (QED) is 0.594. The van der Waals surface area contributed by atoms with E-state index in [4.69, 9.17) is 5.73 Å². The van der Waals surface area contributed by atoms with Crippen LogP contribution in [0.25, 0.3) is 0 Å². The van der Waals surface area contributed by atoms with Gasteiger partial charge in [-0.1, -0.05) is 0 Å². The van der Waals surface area contributed by atoms with Gasteiger partial charge in [0, 0.05) is 18.2 Å². The monoisotopic (exact) mass is 239 g/mol. The molecule has 2 unspecified atom stereocenters. The van der Waals surface area contributed by atoms with Gasteiger partial charge in [0.1, 0.15) is 5.82 Å². The van der Waals surface area contributed by atoms with Crippen LogP contribution in [0.5, 0.6) is 0 Å². The van der Waals surface area contributed by atoms with E-state index in [0.717, 1.165) is 18.2 Å². The van der Waals surface area contributed by atoms with Gasteiger partial charge in [-0.25, -0.2) is 4.39 Å². The van der Waals surface area contributed by atoms with Crippen LogP contribution in [0, 0.1) is 15.9 Å². The third-order valence-electron chi connectivity index (χ3n) is 2.56. The van der Waals surface area contributed by atoms with Gasteiger partial charge in [0.05, 0.1) is 16.6 Å². The second-order valence-corrected chi connectivity index (χ2v) is 3.90. The van der Waals surface area contributed by atoms with Gasteiger partial charge in [0.2, 0.25) is 0 Å². The van der Waals surface area contributed by atoms with Crippen molar-refractivity contribution >= 4 is 11.6 Å². The number of nitrogens with two attached hydrogens (primary N) is 1. The van der Waals surface area contributed by atoms with E-state index in [1.54, 1.807) is 0 Å². The fourth-order valence-electron chi connectivity index (χ4n) is 1.43. The molecule has 1 aromatic rings. The van der Waals surface area contributed by atoms with Crippen molar-refractivity contribution in [1.82, 2.24) is 5.32 Å². The van der Waals surface area contributed by atoms with Crippen molar-refractivity contribution in [3.63, 3.8) is 0 Å². The van der Waals surface area contributed by atoms with E-state index in [1.165, 1.54) is 0 Å². The molecule has 0 aromatic heterocycles. The van der Waals surface area contributed by atoms with Gasteiger partial charge in [-0.2, -0.15) is 0 Å². The molecule has 7 heteroatoms. The molecule has 3 N–H and O–H groups in total. The van der Waals surface area contributed by atoms with E-state index < -0.39 is 16.6 Å². The Bertz CT molecular complexity index is 492. The zero-order valence-corrected chi connectivity index (χ0v) is 8.72. The van der Waals surface area contributed by atoms with Gasteiger partial charge >= 0.3 is 0 Å². The molecule has 1 amide bonds. The highest BCUT2D eigenvalue weighted by molar-refractivity contribution is 5.95. The van der Waals surface area contributed by atoms with Crippen LogP contribution in [0.15, 0.2) is 18.2 Å². The molecule has 2 atom stereocenters. The van der Waals surface area contributed by atoms with Crippen molar-refractivity contribution in [2.75, 3.05) is 0 Å². The first kappa shape index (κ1) is 11.5. The number of carbonyl (C=O) groups is 1. The number of carbonyl (C=O) groups excluding carboxylic acids is 1. The Balaban J connectivity index is 2.15. The number of nitrogens with one attached hydrogen (secondary N) is 1. The summed E-state index contributed by atoms with van der Waals surface area (Å²) in [5.74, 6) is -1.51. The molecule has 0 aliphatic heterocycles. The van der Waals surface area contributed by atoms with Crippen LogP contribution in [0.1, 0.15) is 16.8 Å². The van der Waals surface area contributed by atoms with Gasteiger partial charge in [0.25, 0.3) is 11.6 Å². The molecule has 17 heavy (non-hydrogen) atoms. The highest BCUT2D eigenvalue weighted by Crippen LogP contribution is 2.20. The Morgan fingerprint density at radius 3 is 2.71 bits per heavy atom. The van der Waals surface area contributed by atoms with Crippen molar-refractivity contribution in [3.8, 4) is 0 Å². The Hall–Kier alpha value is -2.02. The Labute approximate surface area is 95.8 Å². The van der Waals surface area contributed by atoms with Gasteiger partial charge in [-0.3, -0.25) is 14.9 Å². The van der Waals surface area contributed by atoms with Crippen molar-refractivity contribution in [1.29, 1.82) is 0 Å². The number of amides is 1. The van der Waals surface area contributed by atoms with Crippen molar-refractivity contribution in [3.05, 3.63) is 39.7 Å². The summed E-state index contributed by atoms with van der Waals surface area (Å²) in [5.41, 5.74) is 4.90. The molecular formula is C10H10FN3O3. The Morgan fingerprint density at radius 2 is 2.24 bits per heavy atom. The van der Waals surface area contributed by atoms with E-state index in [0.29, 0.717) is 6.42 Å². The van der Waals surface area contributed by atoms with Crippen molar-refractivity contribution in [2.24, 2.45) is 5.73 Å². The van der Waals surface area contributed by atoms with Crippen LogP contribution in [0.3, 0.4) is 0 Å². The normalized spacial score (nSPS) is 22.0. The summed E-state index contributed by atoms with van der Waals surface area (Å²) < 4.78 is 13.4. The maximum Gasteiger partial charge on any atom is 0.272 e. The molecule has 2 rings (SSSR count). The molecule has 1 aliphatic carbocycles. The molecular weight excluding hydrogens is 229 g/mol. The second kappa shape index (κ2) is 4.10. The maximum absolute atomic E-state index is 13.4. The van der Waals surface area contributed by atoms with Crippen LogP contribution >= 0.6 is 0 Å². The molecule has 1 fully saturated rings. The first-order chi connectivity index (χ1) is 7.99. The highest BCUT2D eigenvalue weighted by Gasteiger charge is 2.35. The molecule has 6 nitrogen and oxygen atoms in total. The average Bonchev–Trinajstić information content (AvgIpc) is 2.93. The number of rotatable bonds is 3. The fourth-order valence-corrected chi connectivity index (χ4v) is 1.43. The molecule has 0 radical (unpaired) electrons. The average molecular weight is 239 g/mol. The summed E-state index contributed by atoms with van der Waals surface area (Å²) in [7, 11) is 0. The lowest BCUT2D eigenvalue weighted by molar-refractivity contribution is -0.385. The van der Waals surface area contributed by atoms with Gasteiger partial charge in [-0.05, 0) is 12.5 Å². The molecule has 0 bridgehead atoms. The minimum Gasteiger partial charge on any atom is -0.348 e. The molecule has 0 heterocycles. The van der Waals surface area contributed by atoms with Crippen LogP contribution in [0.2, 0.25) is 0 Å². The van der Waals surface area contributed by atoms with Crippen LogP contribution in [-0.2, 0) is 0 Å². The number of non-ortho nitro benzene ring substituents is 1. The lowest BCUT2D eigenvalue weighted by atomic mass is 10.2. The molecule has 1 aromatic carbocycles. The van der Waals surface area contributed by atoms with Crippen LogP contribution < -0.4 is 11.1 Å². The predicted octanol–water partition coefficient (Wildman–Crippen LogP) is 0.563. The number of hydrogen-bond acceptors (Lipinski definition) is 4. The Morgan fingerprint density at radius 1 is 1.59 bits per heavy atom. The van der Waals surface area contributed by atoms with Crippen LogP contribution in [0.4, 0.5) is 10.1 Å².